The summed E-state index contributed by atoms with van der Waals surface area (Å²) >= 11 is 5.93. The normalized spacial score (nSPS) is 10.1. The third kappa shape index (κ3) is 3.96. The molecule has 2 aromatic carbocycles. The van der Waals surface area contributed by atoms with Crippen LogP contribution in [-0.4, -0.2) is 12.6 Å². The Labute approximate surface area is 121 Å². The van der Waals surface area contributed by atoms with Gasteiger partial charge in [0.2, 0.25) is 0 Å². The Morgan fingerprint density at radius 1 is 1.10 bits per heavy atom. The van der Waals surface area contributed by atoms with E-state index in [0.29, 0.717) is 29.2 Å². The molecule has 2 aromatic rings. The smallest absolute Gasteiger partial charge is 0.319 e. The Balaban J connectivity index is 1.82. The minimum Gasteiger partial charge on any atom is -0.338 e. The van der Waals surface area contributed by atoms with Crippen LogP contribution in [0.2, 0.25) is 5.02 Å². The van der Waals surface area contributed by atoms with Crippen LogP contribution in [0.1, 0.15) is 5.56 Å². The first kappa shape index (κ1) is 14.3. The SMILES string of the molecule is O=C(NCCc1ccccc1F)Nc1ccccc1Cl. The number of benzene rings is 2. The maximum atomic E-state index is 13.4. The lowest BCUT2D eigenvalue weighted by atomic mass is 10.1. The van der Waals surface area contributed by atoms with Crippen LogP contribution in [0, 0.1) is 5.82 Å². The fraction of sp³-hybridized carbons (Fsp3) is 0.133. The van der Waals surface area contributed by atoms with E-state index in [1.165, 1.54) is 6.07 Å². The molecule has 0 aliphatic rings. The third-order valence-corrected chi connectivity index (χ3v) is 3.09. The number of carbonyl (C=O) groups is 1. The van der Waals surface area contributed by atoms with E-state index in [9.17, 15) is 9.18 Å². The summed E-state index contributed by atoms with van der Waals surface area (Å²) in [5.41, 5.74) is 1.11. The van der Waals surface area contributed by atoms with E-state index in [4.69, 9.17) is 11.6 Å². The standard InChI is InChI=1S/C15H14ClFN2O/c16-12-6-2-4-8-14(12)19-15(20)18-10-9-11-5-1-3-7-13(11)17/h1-8H,9-10H2,(H2,18,19,20). The maximum Gasteiger partial charge on any atom is 0.319 e. The molecule has 0 spiro atoms. The van der Waals surface area contributed by atoms with Crippen LogP contribution in [0.5, 0.6) is 0 Å². The molecule has 0 saturated heterocycles. The summed E-state index contributed by atoms with van der Waals surface area (Å²) in [4.78, 5) is 11.7. The molecule has 2 N–H and O–H groups in total. The summed E-state index contributed by atoms with van der Waals surface area (Å²) in [6.07, 6.45) is 0.433. The van der Waals surface area contributed by atoms with E-state index in [2.05, 4.69) is 10.6 Å². The Kier molecular flexibility index (Phi) is 4.96. The predicted octanol–water partition coefficient (Wildman–Crippen LogP) is 3.84. The predicted molar refractivity (Wildman–Crippen MR) is 78.6 cm³/mol. The molecule has 20 heavy (non-hydrogen) atoms. The summed E-state index contributed by atoms with van der Waals surface area (Å²) < 4.78 is 13.4. The number of hydrogen-bond donors (Lipinski definition) is 2. The number of hydrogen-bond acceptors (Lipinski definition) is 1. The van der Waals surface area contributed by atoms with Gasteiger partial charge in [-0.05, 0) is 30.2 Å². The van der Waals surface area contributed by atoms with E-state index >= 15 is 0 Å². The molecule has 0 bridgehead atoms. The average molecular weight is 293 g/mol. The first-order valence-corrected chi connectivity index (χ1v) is 6.57. The molecule has 0 heterocycles. The van der Waals surface area contributed by atoms with Gasteiger partial charge in [-0.15, -0.1) is 0 Å². The van der Waals surface area contributed by atoms with E-state index in [-0.39, 0.29) is 11.8 Å². The highest BCUT2D eigenvalue weighted by molar-refractivity contribution is 6.33. The molecule has 104 valence electrons. The minimum absolute atomic E-state index is 0.263. The number of urea groups is 1. The maximum absolute atomic E-state index is 13.4. The van der Waals surface area contributed by atoms with E-state index in [1.807, 2.05) is 0 Å². The summed E-state index contributed by atoms with van der Waals surface area (Å²) in [6.45, 7) is 0.344. The van der Waals surface area contributed by atoms with Gasteiger partial charge in [0.1, 0.15) is 5.82 Å². The molecule has 0 unspecified atom stereocenters. The van der Waals surface area contributed by atoms with E-state index in [1.54, 1.807) is 42.5 Å². The molecule has 0 saturated carbocycles. The molecular weight excluding hydrogens is 279 g/mol. The van der Waals surface area contributed by atoms with Crippen LogP contribution < -0.4 is 10.6 Å². The number of amides is 2. The Hall–Kier alpha value is -2.07. The highest BCUT2D eigenvalue weighted by atomic mass is 35.5. The molecule has 3 nitrogen and oxygen atoms in total. The molecule has 2 rings (SSSR count). The second-order valence-corrected chi connectivity index (χ2v) is 4.61. The summed E-state index contributed by atoms with van der Waals surface area (Å²) in [7, 11) is 0. The van der Waals surface area contributed by atoms with Gasteiger partial charge in [-0.3, -0.25) is 0 Å². The van der Waals surface area contributed by atoms with Crippen molar-refractivity contribution >= 4 is 23.3 Å². The van der Waals surface area contributed by atoms with Gasteiger partial charge in [-0.2, -0.15) is 0 Å². The lowest BCUT2D eigenvalue weighted by Gasteiger charge is -2.09. The molecule has 0 radical (unpaired) electrons. The van der Waals surface area contributed by atoms with Crippen LogP contribution >= 0.6 is 11.6 Å². The van der Waals surface area contributed by atoms with Crippen molar-refractivity contribution in [2.45, 2.75) is 6.42 Å². The van der Waals surface area contributed by atoms with Gasteiger partial charge < -0.3 is 10.6 Å². The molecule has 0 aliphatic heterocycles. The molecule has 0 aromatic heterocycles. The topological polar surface area (TPSA) is 41.1 Å². The van der Waals surface area contributed by atoms with Gasteiger partial charge >= 0.3 is 6.03 Å². The largest absolute Gasteiger partial charge is 0.338 e. The molecule has 0 atom stereocenters. The quantitative estimate of drug-likeness (QED) is 0.883. The summed E-state index contributed by atoms with van der Waals surface area (Å²) in [5.74, 6) is -0.263. The van der Waals surface area contributed by atoms with Crippen molar-refractivity contribution in [3.63, 3.8) is 0 Å². The Bertz CT molecular complexity index is 604. The zero-order chi connectivity index (χ0) is 14.4. The number of nitrogens with one attached hydrogen (secondary N) is 2. The number of para-hydroxylation sites is 1. The van der Waals surface area contributed by atoms with Gasteiger partial charge in [-0.1, -0.05) is 41.9 Å². The Morgan fingerprint density at radius 3 is 2.55 bits per heavy atom. The fourth-order valence-corrected chi connectivity index (χ4v) is 1.92. The number of carbonyl (C=O) groups excluding carboxylic acids is 1. The van der Waals surface area contributed by atoms with E-state index in [0.717, 1.165) is 0 Å². The molecule has 0 aliphatic carbocycles. The summed E-state index contributed by atoms with van der Waals surface area (Å²) in [5, 5.41) is 5.76. The highest BCUT2D eigenvalue weighted by Crippen LogP contribution is 2.19. The van der Waals surface area contributed by atoms with Crippen molar-refractivity contribution in [2.24, 2.45) is 0 Å². The Morgan fingerprint density at radius 2 is 1.80 bits per heavy atom. The molecule has 2 amide bonds. The van der Waals surface area contributed by atoms with Crippen molar-refractivity contribution in [2.75, 3.05) is 11.9 Å². The van der Waals surface area contributed by atoms with Gasteiger partial charge in [0.15, 0.2) is 0 Å². The number of halogens is 2. The molecule has 0 fully saturated rings. The van der Waals surface area contributed by atoms with Crippen LogP contribution in [0.3, 0.4) is 0 Å². The van der Waals surface area contributed by atoms with Gasteiger partial charge in [0, 0.05) is 6.54 Å². The minimum atomic E-state index is -0.366. The lowest BCUT2D eigenvalue weighted by molar-refractivity contribution is 0.252. The second-order valence-electron chi connectivity index (χ2n) is 4.20. The first-order valence-electron chi connectivity index (χ1n) is 6.19. The zero-order valence-corrected chi connectivity index (χ0v) is 11.5. The fourth-order valence-electron chi connectivity index (χ4n) is 1.74. The monoisotopic (exact) mass is 292 g/mol. The van der Waals surface area contributed by atoms with Crippen molar-refractivity contribution in [1.29, 1.82) is 0 Å². The van der Waals surface area contributed by atoms with Crippen LogP contribution in [0.25, 0.3) is 0 Å². The van der Waals surface area contributed by atoms with Crippen LogP contribution in [0.4, 0.5) is 14.9 Å². The molecular formula is C15H14ClFN2O. The number of rotatable bonds is 4. The third-order valence-electron chi connectivity index (χ3n) is 2.76. The van der Waals surface area contributed by atoms with Gasteiger partial charge in [-0.25, -0.2) is 9.18 Å². The van der Waals surface area contributed by atoms with E-state index < -0.39 is 0 Å². The van der Waals surface area contributed by atoms with Crippen LogP contribution in [0.15, 0.2) is 48.5 Å². The van der Waals surface area contributed by atoms with Crippen molar-refractivity contribution in [3.8, 4) is 0 Å². The van der Waals surface area contributed by atoms with Crippen molar-refractivity contribution in [1.82, 2.24) is 5.32 Å². The zero-order valence-electron chi connectivity index (χ0n) is 10.7. The summed E-state index contributed by atoms with van der Waals surface area (Å²) in [6, 6.07) is 13.1. The second kappa shape index (κ2) is 6.91. The molecule has 5 heteroatoms. The van der Waals surface area contributed by atoms with Gasteiger partial charge in [0.05, 0.1) is 10.7 Å². The van der Waals surface area contributed by atoms with Crippen molar-refractivity contribution in [3.05, 3.63) is 64.9 Å². The average Bonchev–Trinajstić information content (AvgIpc) is 2.43. The first-order chi connectivity index (χ1) is 9.66. The lowest BCUT2D eigenvalue weighted by Crippen LogP contribution is -2.30. The van der Waals surface area contributed by atoms with Crippen LogP contribution in [-0.2, 0) is 6.42 Å². The van der Waals surface area contributed by atoms with Gasteiger partial charge in [0.25, 0.3) is 0 Å². The van der Waals surface area contributed by atoms with Crippen molar-refractivity contribution < 1.29 is 9.18 Å². The number of anilines is 1. The highest BCUT2D eigenvalue weighted by Gasteiger charge is 2.05.